The van der Waals surface area contributed by atoms with Crippen molar-refractivity contribution in [3.05, 3.63) is 29.8 Å². The first kappa shape index (κ1) is 15.0. The van der Waals surface area contributed by atoms with Gasteiger partial charge in [-0.25, -0.2) is 13.2 Å². The quantitative estimate of drug-likeness (QED) is 0.929. The lowest BCUT2D eigenvalue weighted by molar-refractivity contribution is 0.0692. The Bertz CT molecular complexity index is 575. The molecule has 2 rings (SSSR count). The van der Waals surface area contributed by atoms with Crippen LogP contribution in [0, 0.1) is 0 Å². The van der Waals surface area contributed by atoms with Crippen LogP contribution in [-0.2, 0) is 10.0 Å². The van der Waals surface area contributed by atoms with E-state index in [0.717, 1.165) is 32.1 Å². The number of carboxylic acid groups (broad SMARTS) is 1. The molecule has 0 bridgehead atoms. The van der Waals surface area contributed by atoms with Crippen LogP contribution in [0.3, 0.4) is 0 Å². The first-order valence-electron chi connectivity index (χ1n) is 6.86. The fraction of sp³-hybridized carbons (Fsp3) is 0.500. The summed E-state index contributed by atoms with van der Waals surface area (Å²) in [5, 5.41) is 9.14. The van der Waals surface area contributed by atoms with E-state index in [1.54, 1.807) is 6.07 Å². The van der Waals surface area contributed by atoms with Crippen molar-refractivity contribution >= 4 is 16.0 Å². The summed E-state index contributed by atoms with van der Waals surface area (Å²) < 4.78 is 26.7. The molecule has 0 amide bonds. The minimum absolute atomic E-state index is 0.104. The molecule has 1 aromatic carbocycles. The van der Waals surface area contributed by atoms with Gasteiger partial charge in [0.25, 0.3) is 0 Å². The van der Waals surface area contributed by atoms with Crippen molar-refractivity contribution < 1.29 is 18.3 Å². The number of rotatable bonds is 3. The van der Waals surface area contributed by atoms with E-state index in [1.165, 1.54) is 22.5 Å². The second kappa shape index (κ2) is 6.37. The van der Waals surface area contributed by atoms with Crippen molar-refractivity contribution in [2.45, 2.75) is 37.0 Å². The summed E-state index contributed by atoms with van der Waals surface area (Å²) in [6.45, 7) is 0.937. The van der Waals surface area contributed by atoms with Crippen molar-refractivity contribution in [1.29, 1.82) is 0 Å². The van der Waals surface area contributed by atoms with Crippen molar-refractivity contribution in [3.63, 3.8) is 0 Å². The number of benzene rings is 1. The van der Waals surface area contributed by atoms with Crippen LogP contribution in [0.4, 0.5) is 0 Å². The lowest BCUT2D eigenvalue weighted by atomic mass is 10.1. The zero-order valence-electron chi connectivity index (χ0n) is 11.3. The molecule has 1 N–H and O–H groups in total. The highest BCUT2D eigenvalue weighted by Gasteiger charge is 2.28. The Hall–Kier alpha value is -1.40. The Kier molecular flexibility index (Phi) is 4.77. The number of carbonyl (C=O) groups is 1. The van der Waals surface area contributed by atoms with Gasteiger partial charge >= 0.3 is 5.97 Å². The average Bonchev–Trinajstić information content (AvgIpc) is 2.37. The number of nitrogens with zero attached hydrogens (tertiary/aromatic N) is 1. The average molecular weight is 297 g/mol. The van der Waals surface area contributed by atoms with Crippen molar-refractivity contribution in [1.82, 2.24) is 4.31 Å². The molecule has 6 heteroatoms. The van der Waals surface area contributed by atoms with Gasteiger partial charge in [-0.2, -0.15) is 4.31 Å². The molecule has 110 valence electrons. The predicted molar refractivity (Wildman–Crippen MR) is 75.2 cm³/mol. The standard InChI is InChI=1S/C14H19NO4S/c16-14(17)12-8-4-5-9-13(12)20(18,19)15-10-6-2-1-3-7-11-15/h4-5,8-9H,1-3,6-7,10-11H2,(H,16,17). The van der Waals surface area contributed by atoms with Gasteiger partial charge in [0.1, 0.15) is 0 Å². The van der Waals surface area contributed by atoms with E-state index in [0.29, 0.717) is 13.1 Å². The smallest absolute Gasteiger partial charge is 0.337 e. The third kappa shape index (κ3) is 3.19. The highest BCUT2D eigenvalue weighted by atomic mass is 32.2. The van der Waals surface area contributed by atoms with Gasteiger partial charge in [0, 0.05) is 13.1 Å². The highest BCUT2D eigenvalue weighted by molar-refractivity contribution is 7.89. The summed E-state index contributed by atoms with van der Waals surface area (Å²) in [6.07, 6.45) is 4.84. The van der Waals surface area contributed by atoms with Crippen LogP contribution in [0.5, 0.6) is 0 Å². The van der Waals surface area contributed by atoms with Gasteiger partial charge in [-0.3, -0.25) is 0 Å². The Morgan fingerprint density at radius 3 is 2.15 bits per heavy atom. The van der Waals surface area contributed by atoms with Gasteiger partial charge in [0.2, 0.25) is 10.0 Å². The molecule has 1 saturated heterocycles. The molecule has 0 radical (unpaired) electrons. The van der Waals surface area contributed by atoms with E-state index in [-0.39, 0.29) is 10.5 Å². The molecule has 5 nitrogen and oxygen atoms in total. The lowest BCUT2D eigenvalue weighted by Crippen LogP contribution is -2.34. The summed E-state index contributed by atoms with van der Waals surface area (Å²) in [5.41, 5.74) is -0.158. The number of hydrogen-bond acceptors (Lipinski definition) is 3. The SMILES string of the molecule is O=C(O)c1ccccc1S(=O)(=O)N1CCCCCCC1. The topological polar surface area (TPSA) is 74.7 Å². The lowest BCUT2D eigenvalue weighted by Gasteiger charge is -2.24. The van der Waals surface area contributed by atoms with E-state index in [4.69, 9.17) is 5.11 Å². The highest BCUT2D eigenvalue weighted by Crippen LogP contribution is 2.23. The fourth-order valence-electron chi connectivity index (χ4n) is 2.47. The first-order valence-corrected chi connectivity index (χ1v) is 8.30. The van der Waals surface area contributed by atoms with Crippen molar-refractivity contribution in [2.75, 3.05) is 13.1 Å². The van der Waals surface area contributed by atoms with Crippen molar-refractivity contribution in [2.24, 2.45) is 0 Å². The maximum absolute atomic E-state index is 12.6. The summed E-state index contributed by atoms with van der Waals surface area (Å²) in [5.74, 6) is -1.21. The molecule has 0 unspecified atom stereocenters. The molecule has 1 fully saturated rings. The van der Waals surface area contributed by atoms with E-state index in [1.807, 2.05) is 0 Å². The van der Waals surface area contributed by atoms with Crippen LogP contribution in [0.25, 0.3) is 0 Å². The van der Waals surface area contributed by atoms with Gasteiger partial charge in [-0.15, -0.1) is 0 Å². The van der Waals surface area contributed by atoms with Crippen LogP contribution in [-0.4, -0.2) is 36.9 Å². The Morgan fingerprint density at radius 1 is 1.00 bits per heavy atom. The number of carboxylic acids is 1. The molecular weight excluding hydrogens is 278 g/mol. The first-order chi connectivity index (χ1) is 9.53. The van der Waals surface area contributed by atoms with Gasteiger partial charge in [0.05, 0.1) is 10.5 Å². The van der Waals surface area contributed by atoms with Crippen LogP contribution in [0.15, 0.2) is 29.2 Å². The minimum Gasteiger partial charge on any atom is -0.478 e. The third-order valence-electron chi connectivity index (χ3n) is 3.55. The van der Waals surface area contributed by atoms with Gasteiger partial charge in [-0.05, 0) is 25.0 Å². The zero-order valence-corrected chi connectivity index (χ0v) is 12.1. The molecule has 0 atom stereocenters. The molecule has 0 aliphatic carbocycles. The van der Waals surface area contributed by atoms with Crippen LogP contribution in [0.2, 0.25) is 0 Å². The molecule has 1 aromatic rings. The molecule has 0 aromatic heterocycles. The summed E-state index contributed by atoms with van der Waals surface area (Å²) >= 11 is 0. The van der Waals surface area contributed by atoms with Crippen LogP contribution < -0.4 is 0 Å². The number of aromatic carboxylic acids is 1. The molecule has 1 aliphatic heterocycles. The number of hydrogen-bond donors (Lipinski definition) is 1. The largest absolute Gasteiger partial charge is 0.478 e. The maximum Gasteiger partial charge on any atom is 0.337 e. The Labute approximate surface area is 119 Å². The number of sulfonamides is 1. The molecular formula is C14H19NO4S. The van der Waals surface area contributed by atoms with E-state index in [2.05, 4.69) is 0 Å². The van der Waals surface area contributed by atoms with E-state index < -0.39 is 16.0 Å². The van der Waals surface area contributed by atoms with Gasteiger partial charge in [0.15, 0.2) is 0 Å². The van der Waals surface area contributed by atoms with Gasteiger partial charge in [-0.1, -0.05) is 31.4 Å². The monoisotopic (exact) mass is 297 g/mol. The van der Waals surface area contributed by atoms with Gasteiger partial charge < -0.3 is 5.11 Å². The minimum atomic E-state index is -3.72. The van der Waals surface area contributed by atoms with Crippen molar-refractivity contribution in [3.8, 4) is 0 Å². The normalized spacial score (nSPS) is 18.2. The van der Waals surface area contributed by atoms with Crippen LogP contribution in [0.1, 0.15) is 42.5 Å². The Morgan fingerprint density at radius 2 is 1.55 bits per heavy atom. The predicted octanol–water partition coefficient (Wildman–Crippen LogP) is 2.34. The summed E-state index contributed by atoms with van der Waals surface area (Å²) in [7, 11) is -3.72. The molecule has 1 heterocycles. The van der Waals surface area contributed by atoms with E-state index >= 15 is 0 Å². The third-order valence-corrected chi connectivity index (χ3v) is 5.51. The second-order valence-electron chi connectivity index (χ2n) is 4.97. The zero-order chi connectivity index (χ0) is 14.6. The molecule has 0 spiro atoms. The fourth-order valence-corrected chi connectivity index (χ4v) is 4.17. The molecule has 1 aliphatic rings. The van der Waals surface area contributed by atoms with Crippen LogP contribution >= 0.6 is 0 Å². The van der Waals surface area contributed by atoms with E-state index in [9.17, 15) is 13.2 Å². The molecule has 20 heavy (non-hydrogen) atoms. The molecule has 0 saturated carbocycles. The summed E-state index contributed by atoms with van der Waals surface area (Å²) in [6, 6.07) is 5.80. The summed E-state index contributed by atoms with van der Waals surface area (Å²) in [4.78, 5) is 11.1. The maximum atomic E-state index is 12.6. The second-order valence-corrected chi connectivity index (χ2v) is 6.88. The Balaban J connectivity index is 2.36.